The van der Waals surface area contributed by atoms with Crippen LogP contribution in [0.3, 0.4) is 0 Å². The molecular formula is C17H17N3O5. The van der Waals surface area contributed by atoms with E-state index in [1.165, 1.54) is 25.5 Å². The number of carbonyl (C=O) groups excluding carboxylic acids is 1. The SMILES string of the molecule is CCOc1ccccc1/C=N\NC(=O)c1cc([N+](=O)[O-])ccc1OC. The number of nitro groups is 1. The molecule has 0 bridgehead atoms. The Kier molecular flexibility index (Phi) is 6.05. The number of rotatable bonds is 7. The van der Waals surface area contributed by atoms with Gasteiger partial charge in [0.05, 0.1) is 30.4 Å². The van der Waals surface area contributed by atoms with E-state index in [0.29, 0.717) is 17.9 Å². The summed E-state index contributed by atoms with van der Waals surface area (Å²) < 4.78 is 10.5. The Morgan fingerprint density at radius 3 is 2.72 bits per heavy atom. The maximum absolute atomic E-state index is 12.2. The summed E-state index contributed by atoms with van der Waals surface area (Å²) in [7, 11) is 1.37. The number of nitrogens with one attached hydrogen (secondary N) is 1. The smallest absolute Gasteiger partial charge is 0.275 e. The quantitative estimate of drug-likeness (QED) is 0.473. The number of hydrogen-bond acceptors (Lipinski definition) is 6. The van der Waals surface area contributed by atoms with Gasteiger partial charge in [-0.2, -0.15) is 5.10 Å². The van der Waals surface area contributed by atoms with E-state index >= 15 is 0 Å². The lowest BCUT2D eigenvalue weighted by molar-refractivity contribution is -0.384. The molecule has 0 saturated heterocycles. The summed E-state index contributed by atoms with van der Waals surface area (Å²) >= 11 is 0. The van der Waals surface area contributed by atoms with Crippen LogP contribution in [0.25, 0.3) is 0 Å². The lowest BCUT2D eigenvalue weighted by Gasteiger charge is -2.07. The third-order valence-electron chi connectivity index (χ3n) is 3.23. The molecule has 0 saturated carbocycles. The molecule has 0 heterocycles. The lowest BCUT2D eigenvalue weighted by Crippen LogP contribution is -2.18. The Bertz CT molecular complexity index is 805. The molecule has 0 aliphatic rings. The van der Waals surface area contributed by atoms with Gasteiger partial charge in [0.25, 0.3) is 11.6 Å². The molecule has 0 radical (unpaired) electrons. The number of ether oxygens (including phenoxy) is 2. The van der Waals surface area contributed by atoms with Crippen LogP contribution in [0.2, 0.25) is 0 Å². The highest BCUT2D eigenvalue weighted by Crippen LogP contribution is 2.23. The van der Waals surface area contributed by atoms with Crippen molar-refractivity contribution in [3.8, 4) is 11.5 Å². The summed E-state index contributed by atoms with van der Waals surface area (Å²) in [5.74, 6) is 0.231. The van der Waals surface area contributed by atoms with Gasteiger partial charge in [0, 0.05) is 17.7 Å². The largest absolute Gasteiger partial charge is 0.496 e. The predicted molar refractivity (Wildman–Crippen MR) is 92.3 cm³/mol. The van der Waals surface area contributed by atoms with Crippen molar-refractivity contribution in [2.24, 2.45) is 5.10 Å². The van der Waals surface area contributed by atoms with Crippen LogP contribution in [0.5, 0.6) is 11.5 Å². The first-order valence-corrected chi connectivity index (χ1v) is 7.44. The van der Waals surface area contributed by atoms with Gasteiger partial charge in [0.2, 0.25) is 0 Å². The third kappa shape index (κ3) is 4.54. The summed E-state index contributed by atoms with van der Waals surface area (Å²) in [5.41, 5.74) is 2.83. The molecule has 0 atom stereocenters. The average molecular weight is 343 g/mol. The molecule has 0 spiro atoms. The molecule has 1 N–H and O–H groups in total. The monoisotopic (exact) mass is 343 g/mol. The molecule has 130 valence electrons. The number of amides is 1. The first kappa shape index (κ1) is 17.9. The first-order valence-electron chi connectivity index (χ1n) is 7.44. The van der Waals surface area contributed by atoms with Crippen molar-refractivity contribution in [2.75, 3.05) is 13.7 Å². The second kappa shape index (κ2) is 8.44. The zero-order chi connectivity index (χ0) is 18.2. The number of nitrogens with zero attached hydrogens (tertiary/aromatic N) is 2. The predicted octanol–water partition coefficient (Wildman–Crippen LogP) is 2.77. The second-order valence-corrected chi connectivity index (χ2v) is 4.81. The zero-order valence-corrected chi connectivity index (χ0v) is 13.8. The Morgan fingerprint density at radius 1 is 1.28 bits per heavy atom. The highest BCUT2D eigenvalue weighted by molar-refractivity contribution is 5.98. The molecule has 0 fully saturated rings. The molecule has 0 aliphatic heterocycles. The number of methoxy groups -OCH3 is 1. The molecule has 0 aromatic heterocycles. The van der Waals surface area contributed by atoms with Crippen LogP contribution in [0.15, 0.2) is 47.6 Å². The molecular weight excluding hydrogens is 326 g/mol. The lowest BCUT2D eigenvalue weighted by atomic mass is 10.1. The van der Waals surface area contributed by atoms with E-state index in [-0.39, 0.29) is 17.0 Å². The van der Waals surface area contributed by atoms with E-state index in [1.807, 2.05) is 19.1 Å². The molecule has 25 heavy (non-hydrogen) atoms. The van der Waals surface area contributed by atoms with Crippen molar-refractivity contribution in [3.63, 3.8) is 0 Å². The van der Waals surface area contributed by atoms with Gasteiger partial charge in [-0.3, -0.25) is 14.9 Å². The fraction of sp³-hybridized carbons (Fsp3) is 0.176. The number of para-hydroxylation sites is 1. The van der Waals surface area contributed by atoms with Gasteiger partial charge in [-0.15, -0.1) is 0 Å². The van der Waals surface area contributed by atoms with Crippen LogP contribution in [0.4, 0.5) is 5.69 Å². The van der Waals surface area contributed by atoms with Crippen molar-refractivity contribution in [2.45, 2.75) is 6.92 Å². The van der Waals surface area contributed by atoms with Crippen LogP contribution in [0, 0.1) is 10.1 Å². The Hall–Kier alpha value is -3.42. The van der Waals surface area contributed by atoms with Gasteiger partial charge in [0.1, 0.15) is 11.5 Å². The Balaban J connectivity index is 2.17. The summed E-state index contributed by atoms with van der Waals surface area (Å²) in [6.45, 7) is 2.37. The summed E-state index contributed by atoms with van der Waals surface area (Å²) in [6.07, 6.45) is 1.44. The fourth-order valence-corrected chi connectivity index (χ4v) is 2.08. The van der Waals surface area contributed by atoms with E-state index < -0.39 is 10.8 Å². The fourth-order valence-electron chi connectivity index (χ4n) is 2.08. The molecule has 8 heteroatoms. The van der Waals surface area contributed by atoms with E-state index in [9.17, 15) is 14.9 Å². The summed E-state index contributed by atoms with van der Waals surface area (Å²) in [4.78, 5) is 22.5. The van der Waals surface area contributed by atoms with Crippen LogP contribution in [0.1, 0.15) is 22.8 Å². The number of nitro benzene ring substituents is 1. The van der Waals surface area contributed by atoms with Crippen molar-refractivity contribution in [1.82, 2.24) is 5.43 Å². The Morgan fingerprint density at radius 2 is 2.04 bits per heavy atom. The summed E-state index contributed by atoms with van der Waals surface area (Å²) in [6, 6.07) is 11.0. The van der Waals surface area contributed by atoms with Gasteiger partial charge in [-0.1, -0.05) is 12.1 Å². The van der Waals surface area contributed by atoms with Crippen LogP contribution >= 0.6 is 0 Å². The highest BCUT2D eigenvalue weighted by atomic mass is 16.6. The van der Waals surface area contributed by atoms with Crippen LogP contribution in [-0.2, 0) is 0 Å². The van der Waals surface area contributed by atoms with Gasteiger partial charge in [-0.25, -0.2) is 5.43 Å². The first-order chi connectivity index (χ1) is 12.1. The van der Waals surface area contributed by atoms with Gasteiger partial charge < -0.3 is 9.47 Å². The molecule has 0 unspecified atom stereocenters. The van der Waals surface area contributed by atoms with Crippen molar-refractivity contribution < 1.29 is 19.2 Å². The molecule has 0 aliphatic carbocycles. The Labute approximate surface area is 144 Å². The minimum absolute atomic E-state index is 0.0203. The van der Waals surface area contributed by atoms with E-state index in [4.69, 9.17) is 9.47 Å². The minimum atomic E-state index is -0.620. The molecule has 2 rings (SSSR count). The topological polar surface area (TPSA) is 103 Å². The summed E-state index contributed by atoms with van der Waals surface area (Å²) in [5, 5.41) is 14.7. The normalized spacial score (nSPS) is 10.5. The maximum Gasteiger partial charge on any atom is 0.275 e. The number of hydrazone groups is 1. The van der Waals surface area contributed by atoms with Gasteiger partial charge in [0.15, 0.2) is 0 Å². The highest BCUT2D eigenvalue weighted by Gasteiger charge is 2.17. The van der Waals surface area contributed by atoms with E-state index in [2.05, 4.69) is 10.5 Å². The number of hydrogen-bond donors (Lipinski definition) is 1. The average Bonchev–Trinajstić information content (AvgIpc) is 2.62. The third-order valence-corrected chi connectivity index (χ3v) is 3.23. The minimum Gasteiger partial charge on any atom is -0.496 e. The molecule has 2 aromatic carbocycles. The van der Waals surface area contributed by atoms with Crippen molar-refractivity contribution in [3.05, 3.63) is 63.7 Å². The molecule has 2 aromatic rings. The second-order valence-electron chi connectivity index (χ2n) is 4.81. The van der Waals surface area contributed by atoms with Crippen LogP contribution in [-0.4, -0.2) is 30.8 Å². The zero-order valence-electron chi connectivity index (χ0n) is 13.8. The van der Waals surface area contributed by atoms with E-state index in [1.54, 1.807) is 12.1 Å². The van der Waals surface area contributed by atoms with E-state index in [0.717, 1.165) is 6.07 Å². The van der Waals surface area contributed by atoms with Crippen LogP contribution < -0.4 is 14.9 Å². The molecule has 8 nitrogen and oxygen atoms in total. The number of benzene rings is 2. The van der Waals surface area contributed by atoms with Gasteiger partial charge in [-0.05, 0) is 25.1 Å². The van der Waals surface area contributed by atoms with Crippen molar-refractivity contribution >= 4 is 17.8 Å². The maximum atomic E-state index is 12.2. The standard InChI is InChI=1S/C17H17N3O5/c1-3-25-15-7-5-4-6-12(15)11-18-19-17(21)14-10-13(20(22)23)8-9-16(14)24-2/h4-11H,3H2,1-2H3,(H,19,21)/b18-11-. The molecule has 1 amide bonds. The van der Waals surface area contributed by atoms with Gasteiger partial charge >= 0.3 is 0 Å². The number of carbonyl (C=O) groups is 1. The number of non-ortho nitro benzene ring substituents is 1. The van der Waals surface area contributed by atoms with Crippen molar-refractivity contribution in [1.29, 1.82) is 0 Å².